The predicted octanol–water partition coefficient (Wildman–Crippen LogP) is 4.03. The number of hydrogen-bond acceptors (Lipinski definition) is 4. The fraction of sp³-hybridized carbons (Fsp3) is 0.926. The van der Waals surface area contributed by atoms with Crippen LogP contribution in [0.4, 0.5) is 0 Å². The van der Waals surface area contributed by atoms with Crippen molar-refractivity contribution in [3.8, 4) is 0 Å². The molecule has 0 bridgehead atoms. The van der Waals surface area contributed by atoms with Gasteiger partial charge in [-0.05, 0) is 56.3 Å². The van der Waals surface area contributed by atoms with E-state index in [4.69, 9.17) is 5.73 Å². The van der Waals surface area contributed by atoms with Gasteiger partial charge in [0.2, 0.25) is 11.8 Å². The van der Waals surface area contributed by atoms with Crippen molar-refractivity contribution >= 4 is 11.8 Å². The molecule has 2 fully saturated rings. The van der Waals surface area contributed by atoms with Crippen molar-refractivity contribution in [3.63, 3.8) is 0 Å². The zero-order chi connectivity index (χ0) is 25.3. The van der Waals surface area contributed by atoms with Crippen molar-refractivity contribution in [2.75, 3.05) is 13.1 Å². The summed E-state index contributed by atoms with van der Waals surface area (Å²) in [7, 11) is 0. The van der Waals surface area contributed by atoms with Crippen molar-refractivity contribution in [1.29, 1.82) is 0 Å². The second-order valence-electron chi connectivity index (χ2n) is 13.7. The van der Waals surface area contributed by atoms with Crippen molar-refractivity contribution < 1.29 is 9.59 Å². The van der Waals surface area contributed by atoms with E-state index in [1.165, 1.54) is 0 Å². The summed E-state index contributed by atoms with van der Waals surface area (Å²) in [5, 5.41) is 3.51. The highest BCUT2D eigenvalue weighted by atomic mass is 16.2. The van der Waals surface area contributed by atoms with Gasteiger partial charge in [-0.25, -0.2) is 0 Å². The van der Waals surface area contributed by atoms with Crippen LogP contribution in [-0.4, -0.2) is 64.9 Å². The second-order valence-corrected chi connectivity index (χ2v) is 13.7. The first kappa shape index (κ1) is 28.1. The molecule has 3 N–H and O–H groups in total. The molecule has 6 heteroatoms. The third-order valence-electron chi connectivity index (χ3n) is 7.10. The molecular formula is C27H52N4O2. The standard InChI is InChI=1S/C27H52N4O2/c1-17(2)29-22(14-27(8,9)10)25(33)30-15-19-11-12-23(20(19)16-30)31(18(3)4)24(32)21(28)13-26(5,6)7/h17-23,29H,11-16,28H2,1-10H3/t19-,20+,21+,22+,23+/m1/s1. The largest absolute Gasteiger partial charge is 0.341 e. The summed E-state index contributed by atoms with van der Waals surface area (Å²) in [5.41, 5.74) is 6.49. The first-order valence-electron chi connectivity index (χ1n) is 13.1. The highest BCUT2D eigenvalue weighted by Gasteiger charge is 2.49. The van der Waals surface area contributed by atoms with Crippen molar-refractivity contribution in [2.24, 2.45) is 28.4 Å². The van der Waals surface area contributed by atoms with Gasteiger partial charge in [0, 0.05) is 37.1 Å². The van der Waals surface area contributed by atoms with E-state index in [1.807, 2.05) is 0 Å². The number of hydrogen-bond donors (Lipinski definition) is 2. The van der Waals surface area contributed by atoms with E-state index >= 15 is 0 Å². The third-order valence-corrected chi connectivity index (χ3v) is 7.10. The lowest BCUT2D eigenvalue weighted by molar-refractivity contribution is -0.138. The van der Waals surface area contributed by atoms with E-state index < -0.39 is 6.04 Å². The summed E-state index contributed by atoms with van der Waals surface area (Å²) in [4.78, 5) is 31.2. The minimum absolute atomic E-state index is 0.0119. The first-order valence-corrected chi connectivity index (χ1v) is 13.1. The molecule has 0 aromatic heterocycles. The molecule has 2 amide bonds. The molecule has 0 spiro atoms. The van der Waals surface area contributed by atoms with E-state index in [-0.39, 0.29) is 46.8 Å². The quantitative estimate of drug-likeness (QED) is 0.568. The van der Waals surface area contributed by atoms with Crippen LogP contribution in [0, 0.1) is 22.7 Å². The maximum atomic E-state index is 13.6. The summed E-state index contributed by atoms with van der Waals surface area (Å²) in [6.45, 7) is 22.9. The van der Waals surface area contributed by atoms with Crippen LogP contribution in [0.2, 0.25) is 0 Å². The average molecular weight is 465 g/mol. The summed E-state index contributed by atoms with van der Waals surface area (Å²) >= 11 is 0. The molecule has 6 nitrogen and oxygen atoms in total. The number of carbonyl (C=O) groups excluding carboxylic acids is 2. The number of rotatable bonds is 8. The van der Waals surface area contributed by atoms with Crippen molar-refractivity contribution in [2.45, 2.75) is 125 Å². The predicted molar refractivity (Wildman–Crippen MR) is 137 cm³/mol. The fourth-order valence-corrected chi connectivity index (χ4v) is 5.95. The molecule has 0 radical (unpaired) electrons. The smallest absolute Gasteiger partial charge is 0.239 e. The Bertz CT molecular complexity index is 677. The molecule has 0 unspecified atom stereocenters. The van der Waals surface area contributed by atoms with Crippen LogP contribution < -0.4 is 11.1 Å². The molecular weight excluding hydrogens is 412 g/mol. The van der Waals surface area contributed by atoms with E-state index in [2.05, 4.69) is 84.4 Å². The molecule has 192 valence electrons. The normalized spacial score (nSPS) is 25.5. The molecule has 5 atom stereocenters. The second kappa shape index (κ2) is 10.6. The van der Waals surface area contributed by atoms with Crippen LogP contribution in [0.3, 0.4) is 0 Å². The molecule has 0 aromatic rings. The van der Waals surface area contributed by atoms with Gasteiger partial charge >= 0.3 is 0 Å². The number of nitrogens with zero attached hydrogens (tertiary/aromatic N) is 2. The van der Waals surface area contributed by atoms with Gasteiger partial charge in [0.1, 0.15) is 0 Å². The molecule has 1 saturated heterocycles. The van der Waals surface area contributed by atoms with Crippen LogP contribution in [0.15, 0.2) is 0 Å². The van der Waals surface area contributed by atoms with Gasteiger partial charge in [-0.1, -0.05) is 55.4 Å². The maximum absolute atomic E-state index is 13.6. The van der Waals surface area contributed by atoms with Gasteiger partial charge in [-0.15, -0.1) is 0 Å². The third kappa shape index (κ3) is 7.68. The van der Waals surface area contributed by atoms with Gasteiger partial charge < -0.3 is 20.9 Å². The van der Waals surface area contributed by atoms with Crippen LogP contribution in [0.5, 0.6) is 0 Å². The molecule has 2 aliphatic rings. The highest BCUT2D eigenvalue weighted by molar-refractivity contribution is 5.83. The van der Waals surface area contributed by atoms with E-state index in [0.29, 0.717) is 18.3 Å². The first-order chi connectivity index (χ1) is 15.0. The zero-order valence-corrected chi connectivity index (χ0v) is 23.1. The number of carbonyl (C=O) groups is 2. The summed E-state index contributed by atoms with van der Waals surface area (Å²) in [6, 6.07) is -0.101. The Morgan fingerprint density at radius 2 is 1.55 bits per heavy atom. The zero-order valence-electron chi connectivity index (χ0n) is 23.1. The summed E-state index contributed by atoms with van der Waals surface area (Å²) < 4.78 is 0. The van der Waals surface area contributed by atoms with E-state index in [1.54, 1.807) is 0 Å². The Labute approximate surface area is 203 Å². The SMILES string of the molecule is CC(C)N[C@@H](CC(C)(C)C)C(=O)N1C[C@H]2CC[C@H](N(C(=O)[C@@H](N)CC(C)(C)C)C(C)C)[C@H]2C1. The van der Waals surface area contributed by atoms with Gasteiger partial charge in [-0.3, -0.25) is 9.59 Å². The highest BCUT2D eigenvalue weighted by Crippen LogP contribution is 2.42. The lowest BCUT2D eigenvalue weighted by Crippen LogP contribution is -2.54. The number of amides is 2. The molecule has 0 aromatic carbocycles. The Hall–Kier alpha value is -1.14. The van der Waals surface area contributed by atoms with Crippen molar-refractivity contribution in [1.82, 2.24) is 15.1 Å². The average Bonchev–Trinajstić information content (AvgIpc) is 3.19. The van der Waals surface area contributed by atoms with Gasteiger partial charge in [0.25, 0.3) is 0 Å². The molecule has 1 saturated carbocycles. The lowest BCUT2D eigenvalue weighted by atomic mass is 9.87. The van der Waals surface area contributed by atoms with Gasteiger partial charge in [0.05, 0.1) is 12.1 Å². The summed E-state index contributed by atoms with van der Waals surface area (Å²) in [5.74, 6) is 1.11. The number of likely N-dealkylation sites (tertiary alicyclic amines) is 1. The van der Waals surface area contributed by atoms with E-state index in [0.717, 1.165) is 32.4 Å². The van der Waals surface area contributed by atoms with Crippen LogP contribution in [-0.2, 0) is 9.59 Å². The molecule has 1 aliphatic heterocycles. The fourth-order valence-electron chi connectivity index (χ4n) is 5.95. The molecule has 2 rings (SSSR count). The van der Waals surface area contributed by atoms with Gasteiger partial charge in [0.15, 0.2) is 0 Å². The minimum atomic E-state index is -0.475. The van der Waals surface area contributed by atoms with Crippen LogP contribution in [0.1, 0.15) is 94.9 Å². The van der Waals surface area contributed by atoms with Crippen LogP contribution in [0.25, 0.3) is 0 Å². The van der Waals surface area contributed by atoms with Crippen LogP contribution >= 0.6 is 0 Å². The van der Waals surface area contributed by atoms with Crippen molar-refractivity contribution in [3.05, 3.63) is 0 Å². The topological polar surface area (TPSA) is 78.7 Å². The number of fused-ring (bicyclic) bond motifs is 1. The Balaban J connectivity index is 2.16. The Kier molecular flexibility index (Phi) is 9.06. The Morgan fingerprint density at radius 1 is 0.970 bits per heavy atom. The Morgan fingerprint density at radius 3 is 2.03 bits per heavy atom. The maximum Gasteiger partial charge on any atom is 0.239 e. The number of nitrogens with one attached hydrogen (secondary N) is 1. The number of nitrogens with two attached hydrogens (primary N) is 1. The summed E-state index contributed by atoms with van der Waals surface area (Å²) in [6.07, 6.45) is 3.58. The lowest BCUT2D eigenvalue weighted by Gasteiger charge is -2.39. The monoisotopic (exact) mass is 464 g/mol. The molecule has 1 heterocycles. The van der Waals surface area contributed by atoms with Gasteiger partial charge in [-0.2, -0.15) is 0 Å². The van der Waals surface area contributed by atoms with E-state index in [9.17, 15) is 9.59 Å². The molecule has 1 aliphatic carbocycles. The molecule has 33 heavy (non-hydrogen) atoms. The minimum Gasteiger partial charge on any atom is -0.341 e.